The zero-order valence-electron chi connectivity index (χ0n) is 13.3. The molecule has 1 unspecified atom stereocenters. The minimum absolute atomic E-state index is 0.206. The third-order valence-electron chi connectivity index (χ3n) is 3.81. The van der Waals surface area contributed by atoms with E-state index in [0.29, 0.717) is 10.2 Å². The smallest absolute Gasteiger partial charge is 0.300 e. The minimum atomic E-state index is -3.89. The number of nitrogens with one attached hydrogen (secondary N) is 2. The molecule has 25 heavy (non-hydrogen) atoms. The number of hydrogen-bond donors (Lipinski definition) is 2. The van der Waals surface area contributed by atoms with Gasteiger partial charge in [0.25, 0.3) is 5.91 Å². The van der Waals surface area contributed by atoms with E-state index in [1.165, 1.54) is 18.4 Å². The minimum Gasteiger partial charge on any atom is -0.300 e. The van der Waals surface area contributed by atoms with E-state index < -0.39 is 22.8 Å². The van der Waals surface area contributed by atoms with Gasteiger partial charge in [0.2, 0.25) is 0 Å². The third kappa shape index (κ3) is 4.36. The van der Waals surface area contributed by atoms with Gasteiger partial charge < -0.3 is 0 Å². The summed E-state index contributed by atoms with van der Waals surface area (Å²) in [6, 6.07) is 7.72. The second-order valence-corrected chi connectivity index (χ2v) is 8.46. The van der Waals surface area contributed by atoms with Crippen LogP contribution in [0.25, 0.3) is 0 Å². The van der Waals surface area contributed by atoms with Crippen molar-refractivity contribution >= 4 is 44.3 Å². The van der Waals surface area contributed by atoms with E-state index in [0.717, 1.165) is 29.0 Å². The van der Waals surface area contributed by atoms with Crippen LogP contribution >= 0.6 is 22.9 Å². The maximum Gasteiger partial charge on any atom is 0.336 e. The molecule has 7 nitrogen and oxygen atoms in total. The third-order valence-corrected chi connectivity index (χ3v) is 6.10. The normalized spacial score (nSPS) is 16.6. The lowest BCUT2D eigenvalue weighted by atomic mass is 9.99. The number of carbonyl (C=O) groups excluding carboxylic acids is 1. The van der Waals surface area contributed by atoms with Gasteiger partial charge in [0.15, 0.2) is 5.13 Å². The highest BCUT2D eigenvalue weighted by Crippen LogP contribution is 2.43. The number of fused-ring (bicyclic) bond motifs is 1. The fourth-order valence-corrected chi connectivity index (χ4v) is 4.44. The van der Waals surface area contributed by atoms with Crippen molar-refractivity contribution in [3.8, 4) is 0 Å². The van der Waals surface area contributed by atoms with Gasteiger partial charge in [0.05, 0.1) is 5.69 Å². The van der Waals surface area contributed by atoms with Crippen LogP contribution in [-0.2, 0) is 25.7 Å². The summed E-state index contributed by atoms with van der Waals surface area (Å²) < 4.78 is 28.8. The Bertz CT molecular complexity index is 898. The Morgan fingerprint density at radius 1 is 1.48 bits per heavy atom. The molecule has 1 atom stereocenters. The number of aromatic nitrogens is 1. The maximum absolute atomic E-state index is 11.8. The summed E-state index contributed by atoms with van der Waals surface area (Å²) in [4.78, 5) is 17.3. The molecule has 3 rings (SSSR count). The first kappa shape index (κ1) is 18.3. The highest BCUT2D eigenvalue weighted by Gasteiger charge is 2.29. The van der Waals surface area contributed by atoms with Gasteiger partial charge in [0, 0.05) is 22.9 Å². The van der Waals surface area contributed by atoms with E-state index >= 15 is 0 Å². The van der Waals surface area contributed by atoms with Crippen LogP contribution in [-0.4, -0.2) is 33.0 Å². The number of carbonyl (C=O) groups is 1. The molecule has 0 spiro atoms. The molecule has 134 valence electrons. The van der Waals surface area contributed by atoms with Gasteiger partial charge >= 0.3 is 10.3 Å². The lowest BCUT2D eigenvalue weighted by molar-refractivity contribution is -0.118. The Labute approximate surface area is 154 Å². The average Bonchev–Trinajstić information content (AvgIpc) is 3.13. The van der Waals surface area contributed by atoms with Gasteiger partial charge in [-0.3, -0.25) is 10.1 Å². The van der Waals surface area contributed by atoms with Gasteiger partial charge in [-0.15, -0.1) is 11.3 Å². The zero-order valence-corrected chi connectivity index (χ0v) is 15.7. The summed E-state index contributed by atoms with van der Waals surface area (Å²) in [5, 5.41) is 3.70. The molecule has 0 aliphatic heterocycles. The lowest BCUT2D eigenvalue weighted by Gasteiger charge is -2.10. The van der Waals surface area contributed by atoms with Crippen molar-refractivity contribution in [1.29, 1.82) is 0 Å². The SMILES string of the molecule is CNS(=O)(=O)OCC(=O)Nc1nc2c(s1)C(c1cccc(Cl)c1)CC2. The number of amides is 1. The number of rotatable bonds is 6. The molecule has 0 radical (unpaired) electrons. The first-order valence-corrected chi connectivity index (χ1v) is 10.1. The summed E-state index contributed by atoms with van der Waals surface area (Å²) in [6.07, 6.45) is 1.77. The largest absolute Gasteiger partial charge is 0.336 e. The highest BCUT2D eigenvalue weighted by molar-refractivity contribution is 7.84. The number of benzene rings is 1. The van der Waals surface area contributed by atoms with E-state index in [2.05, 4.69) is 14.5 Å². The van der Waals surface area contributed by atoms with Crippen molar-refractivity contribution in [2.75, 3.05) is 19.0 Å². The monoisotopic (exact) mass is 401 g/mol. The Balaban J connectivity index is 1.69. The number of thiazole rings is 1. The van der Waals surface area contributed by atoms with Gasteiger partial charge in [-0.05, 0) is 30.5 Å². The standard InChI is InChI=1S/C15H16ClN3O4S2/c1-17-25(21,22)23-8-13(20)19-15-18-12-6-5-11(14(12)24-15)9-3-2-4-10(16)7-9/h2-4,7,11,17H,5-6,8H2,1H3,(H,18,19,20). The molecule has 10 heteroatoms. The zero-order chi connectivity index (χ0) is 18.0. The Morgan fingerprint density at radius 3 is 3.00 bits per heavy atom. The lowest BCUT2D eigenvalue weighted by Crippen LogP contribution is -2.27. The van der Waals surface area contributed by atoms with Crippen molar-refractivity contribution in [1.82, 2.24) is 9.71 Å². The molecule has 0 bridgehead atoms. The summed E-state index contributed by atoms with van der Waals surface area (Å²) >= 11 is 7.46. The molecule has 1 heterocycles. The van der Waals surface area contributed by atoms with E-state index in [9.17, 15) is 13.2 Å². The van der Waals surface area contributed by atoms with E-state index in [4.69, 9.17) is 11.6 Å². The predicted molar refractivity (Wildman–Crippen MR) is 96.3 cm³/mol. The summed E-state index contributed by atoms with van der Waals surface area (Å²) in [6.45, 7) is -0.606. The first-order valence-electron chi connectivity index (χ1n) is 7.51. The highest BCUT2D eigenvalue weighted by atomic mass is 35.5. The summed E-state index contributed by atoms with van der Waals surface area (Å²) in [5.74, 6) is -0.372. The molecule has 1 aromatic carbocycles. The van der Waals surface area contributed by atoms with Gasteiger partial charge in [-0.2, -0.15) is 13.1 Å². The molecule has 2 aromatic rings. The van der Waals surface area contributed by atoms with Crippen LogP contribution in [0.5, 0.6) is 0 Å². The molecular formula is C15H16ClN3O4S2. The van der Waals surface area contributed by atoms with Crippen LogP contribution in [0, 0.1) is 0 Å². The number of aryl methyl sites for hydroxylation is 1. The van der Waals surface area contributed by atoms with Crippen LogP contribution in [0.3, 0.4) is 0 Å². The topological polar surface area (TPSA) is 97.4 Å². The van der Waals surface area contributed by atoms with Crippen molar-refractivity contribution in [2.24, 2.45) is 0 Å². The number of halogens is 1. The second-order valence-electron chi connectivity index (χ2n) is 5.44. The molecule has 1 aliphatic rings. The molecular weight excluding hydrogens is 386 g/mol. The number of anilines is 1. The molecule has 1 aromatic heterocycles. The number of hydrogen-bond acceptors (Lipinski definition) is 6. The van der Waals surface area contributed by atoms with E-state index in [1.54, 1.807) is 0 Å². The quantitative estimate of drug-likeness (QED) is 0.774. The molecule has 1 aliphatic carbocycles. The number of nitrogens with zero attached hydrogens (tertiary/aromatic N) is 1. The van der Waals surface area contributed by atoms with Crippen molar-refractivity contribution in [2.45, 2.75) is 18.8 Å². The average molecular weight is 402 g/mol. The van der Waals surface area contributed by atoms with Crippen LogP contribution < -0.4 is 10.0 Å². The van der Waals surface area contributed by atoms with Crippen LogP contribution in [0.2, 0.25) is 5.02 Å². The fourth-order valence-electron chi connectivity index (χ4n) is 2.67. The Morgan fingerprint density at radius 2 is 2.28 bits per heavy atom. The first-order chi connectivity index (χ1) is 11.9. The van der Waals surface area contributed by atoms with Crippen molar-refractivity contribution in [3.63, 3.8) is 0 Å². The summed E-state index contributed by atoms with van der Waals surface area (Å²) in [7, 11) is -2.69. The van der Waals surface area contributed by atoms with Crippen LogP contribution in [0.15, 0.2) is 24.3 Å². The van der Waals surface area contributed by atoms with Crippen LogP contribution in [0.4, 0.5) is 5.13 Å². The predicted octanol–water partition coefficient (Wildman–Crippen LogP) is 2.29. The van der Waals surface area contributed by atoms with Gasteiger partial charge in [-0.25, -0.2) is 9.17 Å². The Hall–Kier alpha value is -1.52. The van der Waals surface area contributed by atoms with E-state index in [-0.39, 0.29) is 5.92 Å². The maximum atomic E-state index is 11.8. The molecule has 0 saturated carbocycles. The second kappa shape index (κ2) is 7.38. The fraction of sp³-hybridized carbons (Fsp3) is 0.333. The van der Waals surface area contributed by atoms with E-state index in [1.807, 2.05) is 29.0 Å². The van der Waals surface area contributed by atoms with Gasteiger partial charge in [-0.1, -0.05) is 23.7 Å². The van der Waals surface area contributed by atoms with Crippen molar-refractivity contribution in [3.05, 3.63) is 45.4 Å². The molecule has 1 amide bonds. The molecule has 0 saturated heterocycles. The van der Waals surface area contributed by atoms with Gasteiger partial charge in [0.1, 0.15) is 6.61 Å². The Kier molecular flexibility index (Phi) is 5.40. The molecule has 0 fully saturated rings. The summed E-state index contributed by atoms with van der Waals surface area (Å²) in [5.41, 5.74) is 2.07. The van der Waals surface area contributed by atoms with Crippen LogP contribution in [0.1, 0.15) is 28.5 Å². The van der Waals surface area contributed by atoms with Crippen molar-refractivity contribution < 1.29 is 17.4 Å². The molecule has 2 N–H and O–H groups in total.